The van der Waals surface area contributed by atoms with E-state index in [2.05, 4.69) is 0 Å². The van der Waals surface area contributed by atoms with Crippen molar-refractivity contribution < 1.29 is 13.3 Å². The lowest BCUT2D eigenvalue weighted by Gasteiger charge is -2.18. The number of nitro benzene ring substituents is 1. The molecule has 7 heteroatoms. The molecule has 0 amide bonds. The molecule has 0 aliphatic heterocycles. The molecule has 100 valence electrons. The van der Waals surface area contributed by atoms with Crippen molar-refractivity contribution in [1.29, 1.82) is 0 Å². The largest absolute Gasteiger partial charge is 0.289 e. The van der Waals surface area contributed by atoms with Crippen molar-refractivity contribution in [3.8, 4) is 0 Å². The molecule has 0 atom stereocenters. The highest BCUT2D eigenvalue weighted by atomic mass is 32.2. The predicted molar refractivity (Wildman–Crippen MR) is 67.8 cm³/mol. The van der Waals surface area contributed by atoms with Crippen LogP contribution in [0.4, 0.5) is 5.69 Å². The lowest BCUT2D eigenvalue weighted by atomic mass is 10.2. The lowest BCUT2D eigenvalue weighted by Crippen LogP contribution is -2.30. The van der Waals surface area contributed by atoms with Crippen molar-refractivity contribution >= 4 is 15.7 Å². The molecule has 0 heterocycles. The molecule has 0 saturated heterocycles. The third-order valence-electron chi connectivity index (χ3n) is 2.37. The van der Waals surface area contributed by atoms with Crippen LogP contribution in [0, 0.1) is 16.0 Å². The average Bonchev–Trinajstić information content (AvgIpc) is 2.28. The minimum atomic E-state index is -3.82. The summed E-state index contributed by atoms with van der Waals surface area (Å²) in [6.45, 7) is 4.07. The maximum atomic E-state index is 12.2. The van der Waals surface area contributed by atoms with Gasteiger partial charge in [0.15, 0.2) is 4.90 Å². The molecule has 1 rings (SSSR count). The van der Waals surface area contributed by atoms with E-state index in [0.29, 0.717) is 6.54 Å². The van der Waals surface area contributed by atoms with E-state index < -0.39 is 20.6 Å². The summed E-state index contributed by atoms with van der Waals surface area (Å²) in [4.78, 5) is 9.89. The van der Waals surface area contributed by atoms with Crippen LogP contribution < -0.4 is 0 Å². The summed E-state index contributed by atoms with van der Waals surface area (Å²) in [5.74, 6) is 0.146. The van der Waals surface area contributed by atoms with Gasteiger partial charge in [0.1, 0.15) is 0 Å². The van der Waals surface area contributed by atoms with Crippen LogP contribution in [0.25, 0.3) is 0 Å². The lowest BCUT2D eigenvalue weighted by molar-refractivity contribution is -0.387. The van der Waals surface area contributed by atoms with E-state index in [9.17, 15) is 18.5 Å². The van der Waals surface area contributed by atoms with E-state index in [0.717, 1.165) is 4.31 Å². The van der Waals surface area contributed by atoms with Crippen molar-refractivity contribution in [2.75, 3.05) is 13.6 Å². The number of nitro groups is 1. The van der Waals surface area contributed by atoms with Gasteiger partial charge in [-0.3, -0.25) is 10.1 Å². The summed E-state index contributed by atoms with van der Waals surface area (Å²) in [6, 6.07) is 5.36. The Balaban J connectivity index is 3.24. The van der Waals surface area contributed by atoms with Gasteiger partial charge in [0.2, 0.25) is 10.0 Å². The smallest absolute Gasteiger partial charge is 0.258 e. The highest BCUT2D eigenvalue weighted by Gasteiger charge is 2.29. The Hall–Kier alpha value is -1.47. The predicted octanol–water partition coefficient (Wildman–Crippen LogP) is 1.87. The van der Waals surface area contributed by atoms with Crippen LogP contribution in [0.5, 0.6) is 0 Å². The van der Waals surface area contributed by atoms with Gasteiger partial charge in [0, 0.05) is 19.7 Å². The molecular weight excluding hydrogens is 256 g/mol. The Labute approximate surface area is 106 Å². The van der Waals surface area contributed by atoms with Crippen LogP contribution in [-0.2, 0) is 10.0 Å². The van der Waals surface area contributed by atoms with Crippen LogP contribution >= 0.6 is 0 Å². The summed E-state index contributed by atoms with van der Waals surface area (Å²) in [5.41, 5.74) is -0.395. The summed E-state index contributed by atoms with van der Waals surface area (Å²) < 4.78 is 25.6. The van der Waals surface area contributed by atoms with Crippen molar-refractivity contribution in [3.05, 3.63) is 34.4 Å². The van der Waals surface area contributed by atoms with Gasteiger partial charge in [-0.15, -0.1) is 0 Å². The molecule has 0 aliphatic carbocycles. The van der Waals surface area contributed by atoms with Gasteiger partial charge in [0.05, 0.1) is 4.92 Å². The molecule has 6 nitrogen and oxygen atoms in total. The van der Waals surface area contributed by atoms with Gasteiger partial charge >= 0.3 is 0 Å². The number of para-hydroxylation sites is 1. The Morgan fingerprint density at radius 2 is 1.89 bits per heavy atom. The number of hydrogen-bond acceptors (Lipinski definition) is 4. The Morgan fingerprint density at radius 3 is 2.39 bits per heavy atom. The zero-order valence-electron chi connectivity index (χ0n) is 10.5. The summed E-state index contributed by atoms with van der Waals surface area (Å²) in [5, 5.41) is 10.8. The van der Waals surface area contributed by atoms with E-state index in [-0.39, 0.29) is 10.8 Å². The van der Waals surface area contributed by atoms with Gasteiger partial charge in [0.25, 0.3) is 5.69 Å². The molecule has 1 aromatic rings. The molecule has 0 spiro atoms. The fourth-order valence-electron chi connectivity index (χ4n) is 1.61. The minimum Gasteiger partial charge on any atom is -0.258 e. The number of nitrogens with zero attached hydrogens (tertiary/aromatic N) is 2. The fraction of sp³-hybridized carbons (Fsp3) is 0.455. The average molecular weight is 272 g/mol. The van der Waals surface area contributed by atoms with Crippen molar-refractivity contribution in [2.45, 2.75) is 18.7 Å². The van der Waals surface area contributed by atoms with Crippen LogP contribution in [0.1, 0.15) is 13.8 Å². The normalized spacial score (nSPS) is 12.1. The zero-order valence-corrected chi connectivity index (χ0v) is 11.3. The van der Waals surface area contributed by atoms with Crippen molar-refractivity contribution in [1.82, 2.24) is 4.31 Å². The maximum Gasteiger partial charge on any atom is 0.289 e. The first-order valence-corrected chi connectivity index (χ1v) is 6.90. The highest BCUT2D eigenvalue weighted by molar-refractivity contribution is 7.89. The van der Waals surface area contributed by atoms with E-state index in [1.165, 1.54) is 31.3 Å². The third-order valence-corrected chi connectivity index (χ3v) is 4.24. The van der Waals surface area contributed by atoms with Crippen molar-refractivity contribution in [3.63, 3.8) is 0 Å². The molecular formula is C11H16N2O4S. The minimum absolute atomic E-state index is 0.146. The Kier molecular flexibility index (Phi) is 4.42. The van der Waals surface area contributed by atoms with Gasteiger partial charge in [-0.05, 0) is 12.0 Å². The molecule has 18 heavy (non-hydrogen) atoms. The van der Waals surface area contributed by atoms with E-state index in [1.54, 1.807) is 0 Å². The zero-order chi connectivity index (χ0) is 13.9. The Bertz CT molecular complexity index is 540. The number of benzene rings is 1. The molecule has 0 aromatic heterocycles. The first-order valence-electron chi connectivity index (χ1n) is 5.46. The second kappa shape index (κ2) is 5.45. The van der Waals surface area contributed by atoms with Gasteiger partial charge in [-0.2, -0.15) is 0 Å². The van der Waals surface area contributed by atoms with Gasteiger partial charge < -0.3 is 0 Å². The standard InChI is InChI=1S/C11H16N2O4S/c1-9(2)8-12(3)18(16,17)11-7-5-4-6-10(11)13(14)15/h4-7,9H,8H2,1-3H3. The molecule has 1 aromatic carbocycles. The quantitative estimate of drug-likeness (QED) is 0.605. The first-order chi connectivity index (χ1) is 8.26. The third kappa shape index (κ3) is 3.05. The summed E-state index contributed by atoms with van der Waals surface area (Å²) in [6.07, 6.45) is 0. The molecule has 0 N–H and O–H groups in total. The first kappa shape index (κ1) is 14.6. The summed E-state index contributed by atoms with van der Waals surface area (Å²) >= 11 is 0. The number of hydrogen-bond donors (Lipinski definition) is 0. The topological polar surface area (TPSA) is 80.5 Å². The van der Waals surface area contributed by atoms with Crippen LogP contribution in [0.3, 0.4) is 0 Å². The van der Waals surface area contributed by atoms with E-state index in [1.807, 2.05) is 13.8 Å². The van der Waals surface area contributed by atoms with Crippen LogP contribution in [0.2, 0.25) is 0 Å². The molecule has 0 unspecified atom stereocenters. The number of sulfonamides is 1. The summed E-state index contributed by atoms with van der Waals surface area (Å²) in [7, 11) is -2.40. The molecule has 0 saturated carbocycles. The molecule has 0 bridgehead atoms. The van der Waals surface area contributed by atoms with Crippen LogP contribution in [-0.4, -0.2) is 31.2 Å². The van der Waals surface area contributed by atoms with Gasteiger partial charge in [-0.25, -0.2) is 12.7 Å². The maximum absolute atomic E-state index is 12.2. The number of rotatable bonds is 5. The van der Waals surface area contributed by atoms with E-state index >= 15 is 0 Å². The second-order valence-electron chi connectivity index (χ2n) is 4.40. The molecule has 0 fully saturated rings. The second-order valence-corrected chi connectivity index (χ2v) is 6.42. The molecule has 0 radical (unpaired) electrons. The SMILES string of the molecule is CC(C)CN(C)S(=O)(=O)c1ccccc1[N+](=O)[O-]. The monoisotopic (exact) mass is 272 g/mol. The molecule has 0 aliphatic rings. The van der Waals surface area contributed by atoms with Crippen molar-refractivity contribution in [2.24, 2.45) is 5.92 Å². The Morgan fingerprint density at radius 1 is 1.33 bits per heavy atom. The highest BCUT2D eigenvalue weighted by Crippen LogP contribution is 2.25. The van der Waals surface area contributed by atoms with E-state index in [4.69, 9.17) is 0 Å². The fourth-order valence-corrected chi connectivity index (χ4v) is 3.09. The van der Waals surface area contributed by atoms with Crippen LogP contribution in [0.15, 0.2) is 29.2 Å². The van der Waals surface area contributed by atoms with Gasteiger partial charge in [-0.1, -0.05) is 26.0 Å².